The lowest BCUT2D eigenvalue weighted by atomic mass is 9.96. The van der Waals surface area contributed by atoms with Crippen molar-refractivity contribution in [2.45, 2.75) is 0 Å². The molecule has 0 aromatic heterocycles. The Morgan fingerprint density at radius 3 is 2.14 bits per heavy atom. The summed E-state index contributed by atoms with van der Waals surface area (Å²) in [5, 5.41) is 3.70. The summed E-state index contributed by atoms with van der Waals surface area (Å²) in [6.45, 7) is 0. The first kappa shape index (κ1) is 13.0. The smallest absolute Gasteiger partial charge is 0.123 e. The minimum Gasteiger partial charge on any atom is -0.207 e. The molecule has 4 aromatic carbocycles. The zero-order chi connectivity index (χ0) is 15.1. The highest BCUT2D eigenvalue weighted by molar-refractivity contribution is 5.99. The van der Waals surface area contributed by atoms with Crippen molar-refractivity contribution in [2.75, 3.05) is 0 Å². The Morgan fingerprint density at radius 2 is 1.27 bits per heavy atom. The van der Waals surface area contributed by atoms with Crippen LogP contribution in [0.5, 0.6) is 0 Å². The second-order valence-electron chi connectivity index (χ2n) is 5.38. The summed E-state index contributed by atoms with van der Waals surface area (Å²) in [4.78, 5) is 0. The summed E-state index contributed by atoms with van der Waals surface area (Å²) in [5.74, 6) is -0.491. The van der Waals surface area contributed by atoms with Crippen molar-refractivity contribution in [2.24, 2.45) is 0 Å². The lowest BCUT2D eigenvalue weighted by Crippen LogP contribution is -1.84. The Kier molecular flexibility index (Phi) is 2.90. The maximum absolute atomic E-state index is 13.4. The third-order valence-corrected chi connectivity index (χ3v) is 3.96. The summed E-state index contributed by atoms with van der Waals surface area (Å²) in [6.07, 6.45) is 0. The summed E-state index contributed by atoms with van der Waals surface area (Å²) in [5.41, 5.74) is 2.01. The third-order valence-electron chi connectivity index (χ3n) is 3.96. The predicted molar refractivity (Wildman–Crippen MR) is 86.8 cm³/mol. The van der Waals surface area contributed by atoms with Crippen molar-refractivity contribution in [3.05, 3.63) is 84.4 Å². The molecule has 0 aliphatic heterocycles. The van der Waals surface area contributed by atoms with Crippen LogP contribution in [0.15, 0.2) is 72.8 Å². The second kappa shape index (κ2) is 4.92. The molecular weight excluding hydrogens is 278 g/mol. The van der Waals surface area contributed by atoms with E-state index in [0.29, 0.717) is 0 Å². The molecule has 4 aromatic rings. The quantitative estimate of drug-likeness (QED) is 0.407. The Balaban J connectivity index is 1.98. The molecule has 0 saturated carbocycles. The van der Waals surface area contributed by atoms with Gasteiger partial charge in [-0.05, 0) is 63.0 Å². The zero-order valence-corrected chi connectivity index (χ0v) is 11.7. The van der Waals surface area contributed by atoms with Gasteiger partial charge < -0.3 is 0 Å². The van der Waals surface area contributed by atoms with Crippen LogP contribution >= 0.6 is 0 Å². The van der Waals surface area contributed by atoms with Crippen LogP contribution in [0.25, 0.3) is 32.7 Å². The van der Waals surface area contributed by atoms with E-state index in [4.69, 9.17) is 0 Å². The largest absolute Gasteiger partial charge is 0.207 e. The molecule has 0 aliphatic rings. The van der Waals surface area contributed by atoms with Gasteiger partial charge >= 0.3 is 0 Å². The van der Waals surface area contributed by atoms with Crippen LogP contribution in [-0.2, 0) is 0 Å². The van der Waals surface area contributed by atoms with Crippen LogP contribution in [-0.4, -0.2) is 0 Å². The monoisotopic (exact) mass is 290 g/mol. The topological polar surface area (TPSA) is 0 Å². The van der Waals surface area contributed by atoms with Gasteiger partial charge in [-0.1, -0.05) is 42.5 Å². The van der Waals surface area contributed by atoms with E-state index in [1.165, 1.54) is 24.3 Å². The molecule has 4 rings (SSSR count). The lowest BCUT2D eigenvalue weighted by molar-refractivity contribution is 0.629. The number of fused-ring (bicyclic) bond motifs is 2. The van der Waals surface area contributed by atoms with Crippen LogP contribution in [0.2, 0.25) is 0 Å². The summed E-state index contributed by atoms with van der Waals surface area (Å²) >= 11 is 0. The maximum atomic E-state index is 13.4. The summed E-state index contributed by atoms with van der Waals surface area (Å²) in [6, 6.07) is 21.3. The molecule has 0 unspecified atom stereocenters. The number of hydrogen-bond acceptors (Lipinski definition) is 0. The van der Waals surface area contributed by atoms with Crippen molar-refractivity contribution >= 4 is 21.5 Å². The van der Waals surface area contributed by atoms with Crippen LogP contribution in [0, 0.1) is 11.6 Å². The van der Waals surface area contributed by atoms with Gasteiger partial charge in [0.2, 0.25) is 0 Å². The SMILES string of the molecule is Fc1ccc2ccc(-c3cccc4cc(F)ccc34)cc2c1. The highest BCUT2D eigenvalue weighted by Crippen LogP contribution is 2.31. The Bertz CT molecular complexity index is 1000. The molecule has 0 N–H and O–H groups in total. The van der Waals surface area contributed by atoms with E-state index in [2.05, 4.69) is 0 Å². The number of halogens is 2. The Hall–Kier alpha value is -2.74. The molecule has 106 valence electrons. The van der Waals surface area contributed by atoms with Gasteiger partial charge in [0, 0.05) is 0 Å². The number of benzene rings is 4. The van der Waals surface area contributed by atoms with Gasteiger partial charge in [-0.3, -0.25) is 0 Å². The molecule has 0 fully saturated rings. The van der Waals surface area contributed by atoms with Crippen LogP contribution in [0.1, 0.15) is 0 Å². The number of hydrogen-bond donors (Lipinski definition) is 0. The van der Waals surface area contributed by atoms with E-state index in [0.717, 1.165) is 32.7 Å². The van der Waals surface area contributed by atoms with E-state index >= 15 is 0 Å². The maximum Gasteiger partial charge on any atom is 0.123 e. The molecule has 0 amide bonds. The van der Waals surface area contributed by atoms with E-state index < -0.39 is 0 Å². The lowest BCUT2D eigenvalue weighted by Gasteiger charge is -2.08. The van der Waals surface area contributed by atoms with Gasteiger partial charge in [0.15, 0.2) is 0 Å². The average Bonchev–Trinajstić information content (AvgIpc) is 2.53. The highest BCUT2D eigenvalue weighted by atomic mass is 19.1. The van der Waals surface area contributed by atoms with E-state index in [1.54, 1.807) is 12.1 Å². The van der Waals surface area contributed by atoms with Gasteiger partial charge in [-0.15, -0.1) is 0 Å². The van der Waals surface area contributed by atoms with Crippen molar-refractivity contribution < 1.29 is 8.78 Å². The molecule has 0 nitrogen and oxygen atoms in total. The zero-order valence-electron chi connectivity index (χ0n) is 11.7. The first-order valence-corrected chi connectivity index (χ1v) is 7.09. The van der Waals surface area contributed by atoms with Crippen LogP contribution < -0.4 is 0 Å². The molecule has 0 radical (unpaired) electrons. The first-order chi connectivity index (χ1) is 10.7. The number of rotatable bonds is 1. The van der Waals surface area contributed by atoms with Gasteiger partial charge in [-0.25, -0.2) is 8.78 Å². The van der Waals surface area contributed by atoms with Gasteiger partial charge in [0.05, 0.1) is 0 Å². The van der Waals surface area contributed by atoms with Crippen LogP contribution in [0.3, 0.4) is 0 Å². The van der Waals surface area contributed by atoms with Crippen molar-refractivity contribution in [1.29, 1.82) is 0 Å². The van der Waals surface area contributed by atoms with Crippen molar-refractivity contribution in [1.82, 2.24) is 0 Å². The first-order valence-electron chi connectivity index (χ1n) is 7.09. The second-order valence-corrected chi connectivity index (χ2v) is 5.38. The average molecular weight is 290 g/mol. The highest BCUT2D eigenvalue weighted by Gasteiger charge is 2.06. The van der Waals surface area contributed by atoms with E-state index in [9.17, 15) is 8.78 Å². The third kappa shape index (κ3) is 2.13. The predicted octanol–water partition coefficient (Wildman–Crippen LogP) is 5.94. The normalized spacial score (nSPS) is 11.2. The minimum atomic E-state index is -0.246. The standard InChI is InChI=1S/C20H12F2/c21-17-7-6-13-4-5-15(10-16(13)12-17)19-3-1-2-14-11-18(22)8-9-20(14)19/h1-12H. The Labute approximate surface area is 126 Å². The molecule has 0 saturated heterocycles. The van der Waals surface area contributed by atoms with Crippen LogP contribution in [0.4, 0.5) is 8.78 Å². The van der Waals surface area contributed by atoms with Gasteiger partial charge in [0.1, 0.15) is 11.6 Å². The fourth-order valence-corrected chi connectivity index (χ4v) is 2.89. The molecule has 2 heteroatoms. The molecule has 0 atom stereocenters. The van der Waals surface area contributed by atoms with E-state index in [1.807, 2.05) is 36.4 Å². The molecule has 0 bridgehead atoms. The molecule has 0 spiro atoms. The van der Waals surface area contributed by atoms with Gasteiger partial charge in [-0.2, -0.15) is 0 Å². The summed E-state index contributed by atoms with van der Waals surface area (Å²) in [7, 11) is 0. The fourth-order valence-electron chi connectivity index (χ4n) is 2.89. The molecule has 0 heterocycles. The summed E-state index contributed by atoms with van der Waals surface area (Å²) < 4.78 is 26.8. The molecule has 22 heavy (non-hydrogen) atoms. The Morgan fingerprint density at radius 1 is 0.545 bits per heavy atom. The van der Waals surface area contributed by atoms with Crippen molar-refractivity contribution in [3.63, 3.8) is 0 Å². The van der Waals surface area contributed by atoms with Gasteiger partial charge in [0.25, 0.3) is 0 Å². The van der Waals surface area contributed by atoms with Crippen molar-refractivity contribution in [3.8, 4) is 11.1 Å². The fraction of sp³-hybridized carbons (Fsp3) is 0. The minimum absolute atomic E-state index is 0.245. The van der Waals surface area contributed by atoms with E-state index in [-0.39, 0.29) is 11.6 Å². The molecule has 0 aliphatic carbocycles. The molecular formula is C20H12F2.